The van der Waals surface area contributed by atoms with E-state index in [1.165, 1.54) is 44.9 Å². The van der Waals surface area contributed by atoms with Gasteiger partial charge in [-0.25, -0.2) is 0 Å². The Morgan fingerprint density at radius 3 is 1.67 bits per heavy atom. The molecule has 0 spiro atoms. The van der Waals surface area contributed by atoms with Gasteiger partial charge >= 0.3 is 0 Å². The van der Waals surface area contributed by atoms with Crippen molar-refractivity contribution < 1.29 is 9.90 Å². The molecule has 0 heterocycles. The van der Waals surface area contributed by atoms with Crippen LogP contribution in [0.25, 0.3) is 0 Å². The molecule has 0 saturated heterocycles. The Morgan fingerprint density at radius 2 is 1.17 bits per heavy atom. The summed E-state index contributed by atoms with van der Waals surface area (Å²) >= 11 is 0. The summed E-state index contributed by atoms with van der Waals surface area (Å²) in [5, 5.41) is 9.86. The quantitative estimate of drug-likeness (QED) is 0.657. The highest BCUT2D eigenvalue weighted by Gasteiger charge is 2.17. The summed E-state index contributed by atoms with van der Waals surface area (Å²) < 4.78 is 0. The van der Waals surface area contributed by atoms with Gasteiger partial charge in [0, 0.05) is 6.42 Å². The Hall–Kier alpha value is -0.630. The van der Waals surface area contributed by atoms with Crippen molar-refractivity contribution in [3.05, 3.63) is 12.2 Å². The highest BCUT2D eigenvalue weighted by molar-refractivity contribution is 5.85. The van der Waals surface area contributed by atoms with Gasteiger partial charge in [-0.15, -0.1) is 0 Å². The molecule has 2 nitrogen and oxygen atoms in total. The lowest BCUT2D eigenvalue weighted by atomic mass is 9.98. The topological polar surface area (TPSA) is 37.3 Å². The third-order valence-electron chi connectivity index (χ3n) is 3.86. The van der Waals surface area contributed by atoms with Crippen LogP contribution < -0.4 is 0 Å². The summed E-state index contributed by atoms with van der Waals surface area (Å²) in [6.45, 7) is 3.86. The summed E-state index contributed by atoms with van der Waals surface area (Å²) in [6.07, 6.45) is 12.5. The minimum atomic E-state index is -0.907. The second kappa shape index (κ2) is 9.32. The highest BCUT2D eigenvalue weighted by atomic mass is 16.3. The maximum atomic E-state index is 11.8. The van der Waals surface area contributed by atoms with E-state index in [4.69, 9.17) is 0 Å². The molecule has 1 aliphatic rings. The molecule has 1 rings (SSSR count). The van der Waals surface area contributed by atoms with Gasteiger partial charge in [0.2, 0.25) is 0 Å². The van der Waals surface area contributed by atoms with Gasteiger partial charge in [-0.3, -0.25) is 4.79 Å². The van der Waals surface area contributed by atoms with E-state index < -0.39 is 6.10 Å². The monoisotopic (exact) mass is 252 g/mol. The Balaban J connectivity index is 2.38. The van der Waals surface area contributed by atoms with E-state index in [1.807, 2.05) is 0 Å². The van der Waals surface area contributed by atoms with E-state index in [2.05, 4.69) is 6.58 Å². The Labute approximate surface area is 111 Å². The third kappa shape index (κ3) is 6.34. The van der Waals surface area contributed by atoms with Gasteiger partial charge in [-0.05, 0) is 24.8 Å². The molecular weight excluding hydrogens is 224 g/mol. The first-order valence-electron chi connectivity index (χ1n) is 7.60. The summed E-state index contributed by atoms with van der Waals surface area (Å²) in [6, 6.07) is 0. The number of hydrogen-bond acceptors (Lipinski definition) is 2. The van der Waals surface area contributed by atoms with Gasteiger partial charge in [-0.2, -0.15) is 0 Å². The smallest absolute Gasteiger partial charge is 0.165 e. The molecule has 1 unspecified atom stereocenters. The van der Waals surface area contributed by atoms with Crippen LogP contribution in [0.5, 0.6) is 0 Å². The molecule has 0 amide bonds. The fourth-order valence-corrected chi connectivity index (χ4v) is 2.57. The van der Waals surface area contributed by atoms with Crippen LogP contribution in [0.15, 0.2) is 12.2 Å². The van der Waals surface area contributed by atoms with Gasteiger partial charge in [-0.1, -0.05) is 57.9 Å². The van der Waals surface area contributed by atoms with Crippen molar-refractivity contribution in [1.82, 2.24) is 0 Å². The van der Waals surface area contributed by atoms with Crippen molar-refractivity contribution in [3.63, 3.8) is 0 Å². The van der Waals surface area contributed by atoms with E-state index in [9.17, 15) is 9.90 Å². The van der Waals surface area contributed by atoms with Crippen molar-refractivity contribution >= 4 is 5.78 Å². The number of aliphatic hydroxyl groups is 1. The largest absolute Gasteiger partial charge is 0.381 e. The second-order valence-electron chi connectivity index (χ2n) is 5.56. The molecule has 18 heavy (non-hydrogen) atoms. The van der Waals surface area contributed by atoms with Gasteiger partial charge in [0.15, 0.2) is 5.78 Å². The van der Waals surface area contributed by atoms with Crippen LogP contribution in [-0.2, 0) is 4.79 Å². The number of rotatable bonds is 0. The molecule has 0 aromatic carbocycles. The average molecular weight is 252 g/mol. The number of carbonyl (C=O) groups excluding carboxylic acids is 1. The van der Waals surface area contributed by atoms with E-state index in [1.54, 1.807) is 0 Å². The average Bonchev–Trinajstić information content (AvgIpc) is 2.38. The lowest BCUT2D eigenvalue weighted by molar-refractivity contribution is -0.125. The van der Waals surface area contributed by atoms with E-state index >= 15 is 0 Å². The predicted octanol–water partition coefficient (Wildman–Crippen LogP) is 4.17. The van der Waals surface area contributed by atoms with Crippen LogP contribution in [0.2, 0.25) is 0 Å². The van der Waals surface area contributed by atoms with Gasteiger partial charge in [0.25, 0.3) is 0 Å². The van der Waals surface area contributed by atoms with Crippen LogP contribution in [0.1, 0.15) is 77.0 Å². The second-order valence-corrected chi connectivity index (χ2v) is 5.56. The van der Waals surface area contributed by atoms with Crippen LogP contribution in [-0.4, -0.2) is 17.0 Å². The molecule has 1 fully saturated rings. The molecule has 0 aliphatic heterocycles. The zero-order valence-electron chi connectivity index (χ0n) is 11.6. The van der Waals surface area contributed by atoms with Gasteiger partial charge in [0.05, 0.1) is 0 Å². The number of carbonyl (C=O) groups is 1. The van der Waals surface area contributed by atoms with E-state index in [0.29, 0.717) is 6.42 Å². The Morgan fingerprint density at radius 1 is 0.778 bits per heavy atom. The first-order valence-corrected chi connectivity index (χ1v) is 7.60. The molecule has 0 aromatic heterocycles. The third-order valence-corrected chi connectivity index (χ3v) is 3.86. The SMILES string of the molecule is C=C1CCCCCCCCCCCCC(=O)C1O. The van der Waals surface area contributed by atoms with Crippen LogP contribution in [0, 0.1) is 0 Å². The summed E-state index contributed by atoms with van der Waals surface area (Å²) in [4.78, 5) is 11.8. The zero-order valence-corrected chi connectivity index (χ0v) is 11.6. The van der Waals surface area contributed by atoms with Crippen molar-refractivity contribution in [2.24, 2.45) is 0 Å². The number of aliphatic hydroxyl groups excluding tert-OH is 1. The number of hydrogen-bond donors (Lipinski definition) is 1. The summed E-state index contributed by atoms with van der Waals surface area (Å²) in [5.41, 5.74) is 0.717. The van der Waals surface area contributed by atoms with Crippen molar-refractivity contribution in [1.29, 1.82) is 0 Å². The van der Waals surface area contributed by atoms with Crippen molar-refractivity contribution in [2.45, 2.75) is 83.2 Å². The predicted molar refractivity (Wildman–Crippen MR) is 75.6 cm³/mol. The first kappa shape index (κ1) is 15.4. The lowest BCUT2D eigenvalue weighted by Crippen LogP contribution is -2.22. The minimum absolute atomic E-state index is 0.0325. The lowest BCUT2D eigenvalue weighted by Gasteiger charge is -2.12. The van der Waals surface area contributed by atoms with Crippen molar-refractivity contribution in [3.8, 4) is 0 Å². The summed E-state index contributed by atoms with van der Waals surface area (Å²) in [5.74, 6) is -0.0325. The highest BCUT2D eigenvalue weighted by Crippen LogP contribution is 2.17. The van der Waals surface area contributed by atoms with Gasteiger partial charge in [0.1, 0.15) is 6.10 Å². The fraction of sp³-hybridized carbons (Fsp3) is 0.812. The molecule has 1 aliphatic carbocycles. The standard InChI is InChI=1S/C16H28O2/c1-14-12-10-8-6-4-2-3-5-7-9-11-13-15(17)16(14)18/h16,18H,1-13H2. The Kier molecular flexibility index (Phi) is 7.99. The molecular formula is C16H28O2. The maximum absolute atomic E-state index is 11.8. The Bertz CT molecular complexity index is 232. The minimum Gasteiger partial charge on any atom is -0.381 e. The van der Waals surface area contributed by atoms with E-state index in [0.717, 1.165) is 31.3 Å². The molecule has 1 saturated carbocycles. The van der Waals surface area contributed by atoms with Crippen LogP contribution in [0.3, 0.4) is 0 Å². The molecule has 0 aromatic rings. The zero-order chi connectivity index (χ0) is 13.2. The molecule has 1 atom stereocenters. The molecule has 0 bridgehead atoms. The first-order chi connectivity index (χ1) is 8.72. The number of Topliss-reactive ketones (excluding diaryl/α,β-unsaturated/α-hetero) is 1. The maximum Gasteiger partial charge on any atom is 0.165 e. The molecule has 104 valence electrons. The molecule has 0 radical (unpaired) electrons. The van der Waals surface area contributed by atoms with Crippen molar-refractivity contribution in [2.75, 3.05) is 0 Å². The number of ketones is 1. The van der Waals surface area contributed by atoms with Crippen LogP contribution in [0.4, 0.5) is 0 Å². The van der Waals surface area contributed by atoms with Gasteiger partial charge < -0.3 is 5.11 Å². The van der Waals surface area contributed by atoms with Crippen LogP contribution >= 0.6 is 0 Å². The molecule has 2 heteroatoms. The summed E-state index contributed by atoms with van der Waals surface area (Å²) in [7, 11) is 0. The fourth-order valence-electron chi connectivity index (χ4n) is 2.57. The van der Waals surface area contributed by atoms with E-state index in [-0.39, 0.29) is 5.78 Å². The normalized spacial score (nSPS) is 26.4. The molecule has 1 N–H and O–H groups in total.